The van der Waals surface area contributed by atoms with Gasteiger partial charge in [-0.2, -0.15) is 0 Å². The van der Waals surface area contributed by atoms with Gasteiger partial charge in [-0.3, -0.25) is 14.6 Å². The van der Waals surface area contributed by atoms with Crippen molar-refractivity contribution in [2.45, 2.75) is 12.8 Å². The minimum absolute atomic E-state index is 0.0802. The Kier molecular flexibility index (Phi) is 4.09. The molecule has 2 heterocycles. The number of piperidine rings is 1. The summed E-state index contributed by atoms with van der Waals surface area (Å²) in [5.74, 6) is -0.176. The average Bonchev–Trinajstić information content (AvgIpc) is 2.46. The zero-order valence-electron chi connectivity index (χ0n) is 11.2. The van der Waals surface area contributed by atoms with Gasteiger partial charge in [0.05, 0.1) is 12.1 Å². The van der Waals surface area contributed by atoms with Gasteiger partial charge >= 0.3 is 0 Å². The lowest BCUT2D eigenvalue weighted by atomic mass is 9.96. The number of carbonyl (C=O) groups is 2. The highest BCUT2D eigenvalue weighted by atomic mass is 16.2. The minimum Gasteiger partial charge on any atom is -0.349 e. The van der Waals surface area contributed by atoms with Crippen LogP contribution in [0.4, 0.5) is 0 Å². The molecule has 0 bridgehead atoms. The molecule has 2 rings (SSSR count). The van der Waals surface area contributed by atoms with Gasteiger partial charge in [0.1, 0.15) is 5.69 Å². The van der Waals surface area contributed by atoms with E-state index >= 15 is 0 Å². The number of nitrogens with zero attached hydrogens (tertiary/aromatic N) is 4. The third-order valence-electron chi connectivity index (χ3n) is 3.28. The van der Waals surface area contributed by atoms with Crippen LogP contribution in [0.2, 0.25) is 0 Å². The summed E-state index contributed by atoms with van der Waals surface area (Å²) in [6.07, 6.45) is 6.17. The summed E-state index contributed by atoms with van der Waals surface area (Å²) >= 11 is 0. The van der Waals surface area contributed by atoms with E-state index in [4.69, 9.17) is 0 Å². The van der Waals surface area contributed by atoms with Crippen LogP contribution in [-0.4, -0.2) is 58.8 Å². The Morgan fingerprint density at radius 1 is 1.37 bits per heavy atom. The van der Waals surface area contributed by atoms with Crippen LogP contribution in [0.15, 0.2) is 18.6 Å². The summed E-state index contributed by atoms with van der Waals surface area (Å²) in [7, 11) is 3.48. The predicted octanol–water partition coefficient (Wildman–Crippen LogP) is 0.417. The highest BCUT2D eigenvalue weighted by Crippen LogP contribution is 2.19. The molecule has 1 aromatic heterocycles. The molecule has 6 nitrogen and oxygen atoms in total. The van der Waals surface area contributed by atoms with Gasteiger partial charge in [0, 0.05) is 39.6 Å². The Bertz CT molecular complexity index is 461. The van der Waals surface area contributed by atoms with Crippen molar-refractivity contribution in [3.63, 3.8) is 0 Å². The first kappa shape index (κ1) is 13.5. The summed E-state index contributed by atoms with van der Waals surface area (Å²) < 4.78 is 0. The number of likely N-dealkylation sites (tertiary alicyclic amines) is 1. The monoisotopic (exact) mass is 262 g/mol. The van der Waals surface area contributed by atoms with Gasteiger partial charge in [-0.15, -0.1) is 0 Å². The number of amides is 2. The van der Waals surface area contributed by atoms with Gasteiger partial charge in [-0.05, 0) is 12.8 Å². The molecule has 1 aromatic rings. The SMILES string of the molecule is CN(C)C(=O)C1CCCN(C(=O)c2cnccn2)C1. The van der Waals surface area contributed by atoms with E-state index in [9.17, 15) is 9.59 Å². The predicted molar refractivity (Wildman–Crippen MR) is 69.4 cm³/mol. The lowest BCUT2D eigenvalue weighted by Gasteiger charge is -2.32. The maximum atomic E-state index is 12.2. The molecule has 19 heavy (non-hydrogen) atoms. The highest BCUT2D eigenvalue weighted by Gasteiger charge is 2.30. The van der Waals surface area contributed by atoms with E-state index in [1.807, 2.05) is 0 Å². The molecule has 1 saturated heterocycles. The van der Waals surface area contributed by atoms with E-state index in [2.05, 4.69) is 9.97 Å². The molecule has 0 saturated carbocycles. The first-order chi connectivity index (χ1) is 9.09. The molecule has 1 unspecified atom stereocenters. The number of rotatable bonds is 2. The highest BCUT2D eigenvalue weighted by molar-refractivity contribution is 5.92. The van der Waals surface area contributed by atoms with Crippen LogP contribution in [0.5, 0.6) is 0 Å². The van der Waals surface area contributed by atoms with Crippen LogP contribution in [0.1, 0.15) is 23.3 Å². The van der Waals surface area contributed by atoms with Gasteiger partial charge in [-0.25, -0.2) is 4.98 Å². The molecule has 0 spiro atoms. The van der Waals surface area contributed by atoms with E-state index in [0.29, 0.717) is 18.8 Å². The number of hydrogen-bond donors (Lipinski definition) is 0. The number of aromatic nitrogens is 2. The molecular weight excluding hydrogens is 244 g/mol. The van der Waals surface area contributed by atoms with Crippen molar-refractivity contribution < 1.29 is 9.59 Å². The van der Waals surface area contributed by atoms with Crippen molar-refractivity contribution >= 4 is 11.8 Å². The Labute approximate surface area is 112 Å². The van der Waals surface area contributed by atoms with E-state index in [0.717, 1.165) is 12.8 Å². The molecular formula is C13H18N4O2. The first-order valence-corrected chi connectivity index (χ1v) is 6.36. The van der Waals surface area contributed by atoms with Gasteiger partial charge in [-0.1, -0.05) is 0 Å². The average molecular weight is 262 g/mol. The zero-order valence-corrected chi connectivity index (χ0v) is 11.2. The largest absolute Gasteiger partial charge is 0.349 e. The molecule has 0 aromatic carbocycles. The lowest BCUT2D eigenvalue weighted by molar-refractivity contribution is -0.134. The van der Waals surface area contributed by atoms with E-state index in [1.54, 1.807) is 23.9 Å². The van der Waals surface area contributed by atoms with Gasteiger partial charge in [0.15, 0.2) is 0 Å². The van der Waals surface area contributed by atoms with Crippen LogP contribution in [0.3, 0.4) is 0 Å². The van der Waals surface area contributed by atoms with Crippen molar-refractivity contribution in [1.29, 1.82) is 0 Å². The third kappa shape index (κ3) is 3.07. The third-order valence-corrected chi connectivity index (χ3v) is 3.28. The zero-order chi connectivity index (χ0) is 13.8. The van der Waals surface area contributed by atoms with E-state index in [-0.39, 0.29) is 17.7 Å². The van der Waals surface area contributed by atoms with Crippen LogP contribution in [0.25, 0.3) is 0 Å². The Morgan fingerprint density at radius 2 is 2.16 bits per heavy atom. The standard InChI is InChI=1S/C13H18N4O2/c1-16(2)12(18)10-4-3-7-17(9-10)13(19)11-8-14-5-6-15-11/h5-6,8,10H,3-4,7,9H2,1-2H3. The summed E-state index contributed by atoms with van der Waals surface area (Å²) in [5.41, 5.74) is 0.334. The van der Waals surface area contributed by atoms with Crippen LogP contribution in [0, 0.1) is 5.92 Å². The van der Waals surface area contributed by atoms with Crippen molar-refractivity contribution in [3.05, 3.63) is 24.3 Å². The molecule has 0 N–H and O–H groups in total. The van der Waals surface area contributed by atoms with E-state index < -0.39 is 0 Å². The molecule has 1 aliphatic heterocycles. The normalized spacial score (nSPS) is 19.1. The smallest absolute Gasteiger partial charge is 0.274 e. The second-order valence-corrected chi connectivity index (χ2v) is 4.91. The second-order valence-electron chi connectivity index (χ2n) is 4.91. The summed E-state index contributed by atoms with van der Waals surface area (Å²) in [5, 5.41) is 0. The molecule has 1 aliphatic rings. The van der Waals surface area contributed by atoms with Gasteiger partial charge < -0.3 is 9.80 Å². The van der Waals surface area contributed by atoms with Crippen LogP contribution < -0.4 is 0 Å². The van der Waals surface area contributed by atoms with E-state index in [1.165, 1.54) is 18.6 Å². The summed E-state index contributed by atoms with van der Waals surface area (Å²) in [6.45, 7) is 1.14. The molecule has 6 heteroatoms. The summed E-state index contributed by atoms with van der Waals surface area (Å²) in [6, 6.07) is 0. The molecule has 2 amide bonds. The quantitative estimate of drug-likeness (QED) is 0.774. The number of carbonyl (C=O) groups excluding carboxylic acids is 2. The lowest BCUT2D eigenvalue weighted by Crippen LogP contribution is -2.45. The number of hydrogen-bond acceptors (Lipinski definition) is 4. The maximum Gasteiger partial charge on any atom is 0.274 e. The second kappa shape index (κ2) is 5.77. The van der Waals surface area contributed by atoms with Crippen LogP contribution in [-0.2, 0) is 4.79 Å². The molecule has 0 radical (unpaired) electrons. The molecule has 102 valence electrons. The van der Waals surface area contributed by atoms with Crippen molar-refractivity contribution in [2.24, 2.45) is 5.92 Å². The summed E-state index contributed by atoms with van der Waals surface area (Å²) in [4.78, 5) is 35.4. The van der Waals surface area contributed by atoms with Gasteiger partial charge in [0.2, 0.25) is 5.91 Å². The maximum absolute atomic E-state index is 12.2. The topological polar surface area (TPSA) is 66.4 Å². The fraction of sp³-hybridized carbons (Fsp3) is 0.538. The Hall–Kier alpha value is -1.98. The Balaban J connectivity index is 2.05. The minimum atomic E-state index is -0.149. The van der Waals surface area contributed by atoms with Crippen molar-refractivity contribution in [3.8, 4) is 0 Å². The Morgan fingerprint density at radius 3 is 2.79 bits per heavy atom. The fourth-order valence-corrected chi connectivity index (χ4v) is 2.30. The molecule has 0 aliphatic carbocycles. The van der Waals surface area contributed by atoms with Gasteiger partial charge in [0.25, 0.3) is 5.91 Å². The van der Waals surface area contributed by atoms with Crippen molar-refractivity contribution in [1.82, 2.24) is 19.8 Å². The fourth-order valence-electron chi connectivity index (χ4n) is 2.30. The van der Waals surface area contributed by atoms with Crippen LogP contribution >= 0.6 is 0 Å². The molecule has 1 fully saturated rings. The molecule has 1 atom stereocenters. The van der Waals surface area contributed by atoms with Crippen molar-refractivity contribution in [2.75, 3.05) is 27.2 Å². The first-order valence-electron chi connectivity index (χ1n) is 6.36.